The van der Waals surface area contributed by atoms with Crippen molar-refractivity contribution in [2.24, 2.45) is 0 Å². The van der Waals surface area contributed by atoms with Gasteiger partial charge in [0.1, 0.15) is 0 Å². The number of rotatable bonds is 5. The van der Waals surface area contributed by atoms with E-state index in [2.05, 4.69) is 32.6 Å². The summed E-state index contributed by atoms with van der Waals surface area (Å²) in [7, 11) is 0. The first kappa shape index (κ1) is 16.4. The molecule has 3 atom stereocenters. The van der Waals surface area contributed by atoms with Crippen molar-refractivity contribution in [3.8, 4) is 0 Å². The monoisotopic (exact) mass is 270 g/mol. The maximum atomic E-state index is 12.5. The maximum Gasteiger partial charge on any atom is 0.237 e. The Morgan fingerprint density at radius 3 is 2.21 bits per heavy atom. The topological polar surface area (TPSA) is 43.8 Å². The summed E-state index contributed by atoms with van der Waals surface area (Å²) in [6.07, 6.45) is 3.03. The van der Waals surface area contributed by atoms with E-state index in [4.69, 9.17) is 0 Å². The summed E-state index contributed by atoms with van der Waals surface area (Å²) in [4.78, 5) is 16.6. The number of aliphatic hydroxyl groups is 1. The summed E-state index contributed by atoms with van der Waals surface area (Å²) >= 11 is 0. The van der Waals surface area contributed by atoms with Crippen LogP contribution in [0.2, 0.25) is 0 Å². The molecule has 1 amide bonds. The highest BCUT2D eigenvalue weighted by Gasteiger charge is 2.30. The van der Waals surface area contributed by atoms with Gasteiger partial charge < -0.3 is 10.0 Å². The van der Waals surface area contributed by atoms with E-state index in [9.17, 15) is 9.90 Å². The number of carbonyl (C=O) groups excluding carboxylic acids is 1. The second-order valence-corrected chi connectivity index (χ2v) is 6.30. The SMILES string of the molecule is CC(O)CN(CC(=O)N1C(C)CCCC1C)C(C)C. The number of amides is 1. The molecule has 19 heavy (non-hydrogen) atoms. The van der Waals surface area contributed by atoms with E-state index < -0.39 is 6.10 Å². The molecule has 0 aliphatic carbocycles. The van der Waals surface area contributed by atoms with Crippen LogP contribution >= 0.6 is 0 Å². The summed E-state index contributed by atoms with van der Waals surface area (Å²) in [5.74, 6) is 0.203. The number of aliphatic hydroxyl groups excluding tert-OH is 1. The molecule has 4 heteroatoms. The zero-order chi connectivity index (χ0) is 14.6. The summed E-state index contributed by atoms with van der Waals surface area (Å²) < 4.78 is 0. The van der Waals surface area contributed by atoms with Gasteiger partial charge in [0.15, 0.2) is 0 Å². The predicted octanol–water partition coefficient (Wildman–Crippen LogP) is 1.87. The van der Waals surface area contributed by atoms with Gasteiger partial charge in [0, 0.05) is 24.7 Å². The van der Waals surface area contributed by atoms with Gasteiger partial charge in [0.2, 0.25) is 5.91 Å². The van der Waals surface area contributed by atoms with E-state index in [-0.39, 0.29) is 11.9 Å². The Kier molecular flexibility index (Phi) is 6.27. The zero-order valence-corrected chi connectivity index (χ0v) is 13.1. The first-order chi connectivity index (χ1) is 8.82. The summed E-state index contributed by atoms with van der Waals surface area (Å²) in [5.41, 5.74) is 0. The van der Waals surface area contributed by atoms with Crippen LogP contribution in [-0.2, 0) is 4.79 Å². The predicted molar refractivity (Wildman–Crippen MR) is 78.0 cm³/mol. The molecule has 0 aromatic rings. The van der Waals surface area contributed by atoms with Gasteiger partial charge in [-0.3, -0.25) is 9.69 Å². The molecule has 0 bridgehead atoms. The Morgan fingerprint density at radius 1 is 1.26 bits per heavy atom. The first-order valence-electron chi connectivity index (χ1n) is 7.56. The van der Waals surface area contributed by atoms with E-state index >= 15 is 0 Å². The van der Waals surface area contributed by atoms with Crippen molar-refractivity contribution in [1.29, 1.82) is 0 Å². The molecule has 0 spiro atoms. The number of nitrogens with zero attached hydrogens (tertiary/aromatic N) is 2. The molecule has 0 aromatic heterocycles. The normalized spacial score (nSPS) is 26.0. The Hall–Kier alpha value is -0.610. The molecular weight excluding hydrogens is 240 g/mol. The van der Waals surface area contributed by atoms with Crippen molar-refractivity contribution in [1.82, 2.24) is 9.80 Å². The minimum absolute atomic E-state index is 0.203. The smallest absolute Gasteiger partial charge is 0.237 e. The minimum atomic E-state index is -0.397. The van der Waals surface area contributed by atoms with Crippen LogP contribution in [0.15, 0.2) is 0 Å². The molecule has 0 aromatic carbocycles. The molecule has 3 unspecified atom stereocenters. The average molecular weight is 270 g/mol. The third-order valence-electron chi connectivity index (χ3n) is 4.05. The molecule has 0 saturated carbocycles. The fourth-order valence-electron chi connectivity index (χ4n) is 2.97. The molecule has 1 fully saturated rings. The van der Waals surface area contributed by atoms with Crippen molar-refractivity contribution in [3.05, 3.63) is 0 Å². The van der Waals surface area contributed by atoms with Gasteiger partial charge in [-0.25, -0.2) is 0 Å². The Bertz CT molecular complexity index is 282. The number of likely N-dealkylation sites (tertiary alicyclic amines) is 1. The quantitative estimate of drug-likeness (QED) is 0.829. The third-order valence-corrected chi connectivity index (χ3v) is 4.05. The van der Waals surface area contributed by atoms with Crippen molar-refractivity contribution in [3.63, 3.8) is 0 Å². The second-order valence-electron chi connectivity index (χ2n) is 6.30. The molecule has 1 heterocycles. The zero-order valence-electron chi connectivity index (χ0n) is 13.1. The molecule has 1 rings (SSSR count). The highest BCUT2D eigenvalue weighted by Crippen LogP contribution is 2.22. The maximum absolute atomic E-state index is 12.5. The summed E-state index contributed by atoms with van der Waals surface area (Å²) in [5, 5.41) is 9.53. The van der Waals surface area contributed by atoms with Crippen molar-refractivity contribution in [2.45, 2.75) is 78.1 Å². The Balaban J connectivity index is 2.64. The van der Waals surface area contributed by atoms with E-state index in [1.165, 1.54) is 6.42 Å². The lowest BCUT2D eigenvalue weighted by Crippen LogP contribution is -2.52. The average Bonchev–Trinajstić information content (AvgIpc) is 2.27. The van der Waals surface area contributed by atoms with Crippen molar-refractivity contribution in [2.75, 3.05) is 13.1 Å². The molecule has 1 aliphatic rings. The first-order valence-corrected chi connectivity index (χ1v) is 7.56. The van der Waals surface area contributed by atoms with E-state index in [0.717, 1.165) is 12.8 Å². The van der Waals surface area contributed by atoms with Gasteiger partial charge in [-0.1, -0.05) is 0 Å². The summed E-state index contributed by atoms with van der Waals surface area (Å²) in [6, 6.07) is 0.961. The van der Waals surface area contributed by atoms with Gasteiger partial charge in [0.05, 0.1) is 12.6 Å². The van der Waals surface area contributed by atoms with Gasteiger partial charge >= 0.3 is 0 Å². The molecule has 1 saturated heterocycles. The fourth-order valence-corrected chi connectivity index (χ4v) is 2.97. The Labute approximate surface area is 117 Å². The number of hydrogen-bond acceptors (Lipinski definition) is 3. The lowest BCUT2D eigenvalue weighted by molar-refractivity contribution is -0.139. The number of hydrogen-bond donors (Lipinski definition) is 1. The van der Waals surface area contributed by atoms with Crippen molar-refractivity contribution >= 4 is 5.91 Å². The van der Waals surface area contributed by atoms with Crippen LogP contribution in [0.3, 0.4) is 0 Å². The summed E-state index contributed by atoms with van der Waals surface area (Å²) in [6.45, 7) is 11.2. The Morgan fingerprint density at radius 2 is 1.79 bits per heavy atom. The highest BCUT2D eigenvalue weighted by molar-refractivity contribution is 5.79. The van der Waals surface area contributed by atoms with Gasteiger partial charge in [-0.05, 0) is 53.9 Å². The number of carbonyl (C=O) groups is 1. The van der Waals surface area contributed by atoms with Crippen LogP contribution in [0, 0.1) is 0 Å². The van der Waals surface area contributed by atoms with E-state index in [0.29, 0.717) is 25.2 Å². The highest BCUT2D eigenvalue weighted by atomic mass is 16.3. The van der Waals surface area contributed by atoms with Gasteiger partial charge in [-0.15, -0.1) is 0 Å². The van der Waals surface area contributed by atoms with Crippen molar-refractivity contribution < 1.29 is 9.90 Å². The van der Waals surface area contributed by atoms with E-state index in [1.807, 2.05) is 4.90 Å². The van der Waals surface area contributed by atoms with Crippen LogP contribution in [0.4, 0.5) is 0 Å². The minimum Gasteiger partial charge on any atom is -0.392 e. The molecule has 4 nitrogen and oxygen atoms in total. The lowest BCUT2D eigenvalue weighted by atomic mass is 9.97. The second kappa shape index (κ2) is 7.25. The largest absolute Gasteiger partial charge is 0.392 e. The lowest BCUT2D eigenvalue weighted by Gasteiger charge is -2.40. The van der Waals surface area contributed by atoms with Gasteiger partial charge in [0.25, 0.3) is 0 Å². The van der Waals surface area contributed by atoms with Crippen LogP contribution < -0.4 is 0 Å². The van der Waals surface area contributed by atoms with Gasteiger partial charge in [-0.2, -0.15) is 0 Å². The third kappa shape index (κ3) is 4.77. The van der Waals surface area contributed by atoms with Crippen LogP contribution in [0.1, 0.15) is 53.9 Å². The molecule has 1 aliphatic heterocycles. The molecular formula is C15H30N2O2. The van der Waals surface area contributed by atoms with Crippen LogP contribution in [0.25, 0.3) is 0 Å². The number of piperidine rings is 1. The molecule has 0 radical (unpaired) electrons. The fraction of sp³-hybridized carbons (Fsp3) is 0.933. The van der Waals surface area contributed by atoms with Crippen LogP contribution in [-0.4, -0.2) is 58.1 Å². The molecule has 1 N–H and O–H groups in total. The molecule has 112 valence electrons. The van der Waals surface area contributed by atoms with E-state index in [1.54, 1.807) is 6.92 Å². The standard InChI is InChI=1S/C15H30N2O2/c1-11(2)16(9-14(5)18)10-15(19)17-12(3)7-6-8-13(17)4/h11-14,18H,6-10H2,1-5H3. The van der Waals surface area contributed by atoms with Crippen LogP contribution in [0.5, 0.6) is 0 Å².